The summed E-state index contributed by atoms with van der Waals surface area (Å²) in [7, 11) is 0. The molecule has 3 nitrogen and oxygen atoms in total. The number of hydrogen-bond acceptors (Lipinski definition) is 4. The zero-order valence-corrected chi connectivity index (χ0v) is 9.29. The van der Waals surface area contributed by atoms with Crippen LogP contribution in [0.2, 0.25) is 0 Å². The van der Waals surface area contributed by atoms with Gasteiger partial charge in [-0.05, 0) is 24.3 Å². The fourth-order valence-electron chi connectivity index (χ4n) is 1.34. The van der Waals surface area contributed by atoms with Crippen molar-refractivity contribution in [3.05, 3.63) is 29.3 Å². The van der Waals surface area contributed by atoms with Crippen LogP contribution in [0.5, 0.6) is 0 Å². The molecule has 0 aliphatic heterocycles. The van der Waals surface area contributed by atoms with Gasteiger partial charge in [-0.25, -0.2) is 8.78 Å². The zero-order valence-electron chi connectivity index (χ0n) is 8.40. The van der Waals surface area contributed by atoms with E-state index >= 15 is 0 Å². The fraction of sp³-hybridized carbons (Fsp3) is 0.400. The number of anilines is 1. The minimum Gasteiger partial charge on any atom is -0.396 e. The molecule has 6 heteroatoms. The molecule has 2 unspecified atom stereocenters. The molecule has 0 aliphatic rings. The lowest BCUT2D eigenvalue weighted by molar-refractivity contribution is 0.0130. The van der Waals surface area contributed by atoms with Gasteiger partial charge in [-0.3, -0.25) is 0 Å². The topological polar surface area (TPSA) is 66.5 Å². The summed E-state index contributed by atoms with van der Waals surface area (Å²) in [5, 5.41) is 19.0. The summed E-state index contributed by atoms with van der Waals surface area (Å²) in [5.41, 5.74) is 4.38. The number of halogens is 2. The minimum atomic E-state index is -1.64. The number of hydrogen-bond donors (Lipinski definition) is 4. The van der Waals surface area contributed by atoms with Crippen LogP contribution in [0.25, 0.3) is 0 Å². The second-order valence-electron chi connectivity index (χ2n) is 3.39. The Kier molecular flexibility index (Phi) is 4.52. The number of thiol groups is 1. The first-order valence-corrected chi connectivity index (χ1v) is 5.32. The van der Waals surface area contributed by atoms with Gasteiger partial charge in [0.05, 0.1) is 17.4 Å². The molecule has 0 fully saturated rings. The summed E-state index contributed by atoms with van der Waals surface area (Å²) in [5.74, 6) is -1.67. The first-order valence-electron chi connectivity index (χ1n) is 4.69. The van der Waals surface area contributed by atoms with Gasteiger partial charge in [0.15, 0.2) is 5.82 Å². The van der Waals surface area contributed by atoms with Crippen molar-refractivity contribution in [3.8, 4) is 0 Å². The Morgan fingerprint density at radius 3 is 2.50 bits per heavy atom. The minimum absolute atomic E-state index is 0.123. The highest BCUT2D eigenvalue weighted by Crippen LogP contribution is 2.27. The average molecular weight is 249 g/mol. The van der Waals surface area contributed by atoms with Gasteiger partial charge in [-0.2, -0.15) is 12.6 Å². The van der Waals surface area contributed by atoms with E-state index in [4.69, 9.17) is 5.73 Å². The number of rotatable bonds is 4. The molecule has 4 N–H and O–H groups in total. The summed E-state index contributed by atoms with van der Waals surface area (Å²) in [6.45, 7) is 0. The summed E-state index contributed by atoms with van der Waals surface area (Å²) >= 11 is 3.86. The van der Waals surface area contributed by atoms with Crippen LogP contribution in [0.4, 0.5) is 14.5 Å². The Bertz CT molecular complexity index is 376. The van der Waals surface area contributed by atoms with Gasteiger partial charge >= 0.3 is 0 Å². The van der Waals surface area contributed by atoms with Crippen molar-refractivity contribution in [2.45, 2.75) is 18.6 Å². The van der Waals surface area contributed by atoms with E-state index in [9.17, 15) is 19.0 Å². The fourth-order valence-corrected chi connectivity index (χ4v) is 1.60. The standard InChI is InChI=1S/C10H13F2NO2S/c11-5-1-2-6(13)9(12)8(5)10(15)7(14)3-4-16/h1-2,7,10,14-16H,3-4,13H2. The van der Waals surface area contributed by atoms with Crippen molar-refractivity contribution in [1.82, 2.24) is 0 Å². The Morgan fingerprint density at radius 2 is 1.94 bits per heavy atom. The third-order valence-electron chi connectivity index (χ3n) is 2.24. The van der Waals surface area contributed by atoms with Crippen molar-refractivity contribution in [1.29, 1.82) is 0 Å². The molecule has 0 spiro atoms. The van der Waals surface area contributed by atoms with Crippen molar-refractivity contribution in [2.75, 3.05) is 11.5 Å². The van der Waals surface area contributed by atoms with E-state index in [-0.39, 0.29) is 12.1 Å². The number of aliphatic hydroxyl groups excluding tert-OH is 2. The summed E-state index contributed by atoms with van der Waals surface area (Å²) < 4.78 is 26.8. The predicted molar refractivity (Wildman–Crippen MR) is 60.2 cm³/mol. The van der Waals surface area contributed by atoms with Gasteiger partial charge in [0.1, 0.15) is 11.9 Å². The number of nitrogen functional groups attached to an aromatic ring is 1. The molecular formula is C10H13F2NO2S. The summed E-state index contributed by atoms with van der Waals surface area (Å²) in [6, 6.07) is 2.01. The first kappa shape index (κ1) is 13.2. The molecule has 0 amide bonds. The van der Waals surface area contributed by atoms with Crippen molar-refractivity contribution < 1.29 is 19.0 Å². The van der Waals surface area contributed by atoms with Crippen molar-refractivity contribution >= 4 is 18.3 Å². The second kappa shape index (κ2) is 5.47. The smallest absolute Gasteiger partial charge is 0.154 e. The van der Waals surface area contributed by atoms with E-state index < -0.39 is 29.4 Å². The molecular weight excluding hydrogens is 236 g/mol. The zero-order chi connectivity index (χ0) is 12.3. The highest BCUT2D eigenvalue weighted by atomic mass is 32.1. The highest BCUT2D eigenvalue weighted by molar-refractivity contribution is 7.80. The molecule has 1 aromatic rings. The molecule has 1 aromatic carbocycles. The Morgan fingerprint density at radius 1 is 1.31 bits per heavy atom. The van der Waals surface area contributed by atoms with Gasteiger partial charge < -0.3 is 15.9 Å². The lowest BCUT2D eigenvalue weighted by atomic mass is 10.0. The Balaban J connectivity index is 3.07. The average Bonchev–Trinajstić information content (AvgIpc) is 2.24. The Labute approximate surface area is 97.3 Å². The third kappa shape index (κ3) is 2.63. The molecule has 16 heavy (non-hydrogen) atoms. The first-order chi connectivity index (χ1) is 7.49. The quantitative estimate of drug-likeness (QED) is 0.480. The van der Waals surface area contributed by atoms with Crippen molar-refractivity contribution in [3.63, 3.8) is 0 Å². The largest absolute Gasteiger partial charge is 0.396 e. The van der Waals surface area contributed by atoms with E-state index in [1.165, 1.54) is 0 Å². The maximum atomic E-state index is 13.5. The number of nitrogens with two attached hydrogens (primary N) is 1. The molecule has 2 atom stereocenters. The number of benzene rings is 1. The maximum Gasteiger partial charge on any atom is 0.154 e. The van der Waals surface area contributed by atoms with E-state index in [2.05, 4.69) is 12.6 Å². The van der Waals surface area contributed by atoms with Gasteiger partial charge in [-0.15, -0.1) is 0 Å². The van der Waals surface area contributed by atoms with E-state index in [0.717, 1.165) is 12.1 Å². The molecule has 1 rings (SSSR count). The van der Waals surface area contributed by atoms with Gasteiger partial charge in [-0.1, -0.05) is 0 Å². The van der Waals surface area contributed by atoms with Crippen LogP contribution in [0.3, 0.4) is 0 Å². The molecule has 0 saturated heterocycles. The normalized spacial score (nSPS) is 14.8. The van der Waals surface area contributed by atoms with Gasteiger partial charge in [0.2, 0.25) is 0 Å². The van der Waals surface area contributed by atoms with E-state index in [0.29, 0.717) is 5.75 Å². The molecule has 0 bridgehead atoms. The van der Waals surface area contributed by atoms with Crippen molar-refractivity contribution in [2.24, 2.45) is 0 Å². The lowest BCUT2D eigenvalue weighted by Crippen LogP contribution is -2.21. The van der Waals surface area contributed by atoms with Crippen LogP contribution in [0.15, 0.2) is 12.1 Å². The molecule has 90 valence electrons. The van der Waals surface area contributed by atoms with Crippen LogP contribution >= 0.6 is 12.6 Å². The molecule has 0 aliphatic carbocycles. The lowest BCUT2D eigenvalue weighted by Gasteiger charge is -2.19. The molecule has 0 heterocycles. The third-order valence-corrected chi connectivity index (χ3v) is 2.50. The molecule has 0 radical (unpaired) electrons. The van der Waals surface area contributed by atoms with E-state index in [1.54, 1.807) is 0 Å². The van der Waals surface area contributed by atoms with Crippen LogP contribution < -0.4 is 5.73 Å². The van der Waals surface area contributed by atoms with Crippen LogP contribution in [0.1, 0.15) is 18.1 Å². The highest BCUT2D eigenvalue weighted by Gasteiger charge is 2.25. The van der Waals surface area contributed by atoms with Gasteiger partial charge in [0.25, 0.3) is 0 Å². The Hall–Kier alpha value is -0.850. The summed E-state index contributed by atoms with van der Waals surface area (Å²) in [6.07, 6.45) is -2.79. The predicted octanol–water partition coefficient (Wildman–Crippen LogP) is 1.26. The molecule has 0 saturated carbocycles. The molecule has 0 aromatic heterocycles. The second-order valence-corrected chi connectivity index (χ2v) is 3.84. The summed E-state index contributed by atoms with van der Waals surface area (Å²) in [4.78, 5) is 0. The van der Waals surface area contributed by atoms with Gasteiger partial charge in [0, 0.05) is 0 Å². The monoisotopic (exact) mass is 249 g/mol. The van der Waals surface area contributed by atoms with Crippen LogP contribution in [-0.2, 0) is 0 Å². The number of aliphatic hydroxyl groups is 2. The SMILES string of the molecule is Nc1ccc(F)c(C(O)C(O)CCS)c1F. The van der Waals surface area contributed by atoms with Crippen LogP contribution in [0, 0.1) is 11.6 Å². The van der Waals surface area contributed by atoms with Crippen LogP contribution in [-0.4, -0.2) is 22.1 Å². The maximum absolute atomic E-state index is 13.5. The van der Waals surface area contributed by atoms with E-state index in [1.807, 2.05) is 0 Å².